The largest absolute Gasteiger partial charge is 0.508 e. The van der Waals surface area contributed by atoms with E-state index in [-0.39, 0.29) is 18.0 Å². The van der Waals surface area contributed by atoms with Gasteiger partial charge in [-0.25, -0.2) is 12.7 Å². The molecule has 6 heteroatoms. The van der Waals surface area contributed by atoms with Crippen molar-refractivity contribution >= 4 is 15.7 Å². The SMILES string of the molecule is CN(Cc1ccccc1O)S(=O)(=O)Cc1cccc(N)c1. The second-order valence-corrected chi connectivity index (χ2v) is 6.96. The molecule has 0 saturated carbocycles. The Balaban J connectivity index is 2.14. The Labute approximate surface area is 124 Å². The monoisotopic (exact) mass is 306 g/mol. The summed E-state index contributed by atoms with van der Waals surface area (Å²) in [5.74, 6) is -0.0363. The van der Waals surface area contributed by atoms with Gasteiger partial charge in [-0.05, 0) is 23.8 Å². The minimum absolute atomic E-state index is 0.0866. The molecule has 0 bridgehead atoms. The summed E-state index contributed by atoms with van der Waals surface area (Å²) in [5.41, 5.74) is 7.39. The quantitative estimate of drug-likeness (QED) is 0.827. The van der Waals surface area contributed by atoms with E-state index in [0.29, 0.717) is 16.8 Å². The molecule has 0 radical (unpaired) electrons. The number of para-hydroxylation sites is 1. The summed E-state index contributed by atoms with van der Waals surface area (Å²) in [6.45, 7) is 0.122. The molecule has 0 aliphatic carbocycles. The van der Waals surface area contributed by atoms with E-state index in [0.717, 1.165) is 0 Å². The van der Waals surface area contributed by atoms with Gasteiger partial charge in [0, 0.05) is 24.8 Å². The highest BCUT2D eigenvalue weighted by Gasteiger charge is 2.19. The molecule has 0 heterocycles. The van der Waals surface area contributed by atoms with Crippen molar-refractivity contribution in [3.63, 3.8) is 0 Å². The highest BCUT2D eigenvalue weighted by molar-refractivity contribution is 7.88. The van der Waals surface area contributed by atoms with Gasteiger partial charge in [-0.1, -0.05) is 30.3 Å². The molecule has 112 valence electrons. The average molecular weight is 306 g/mol. The minimum atomic E-state index is -3.48. The van der Waals surface area contributed by atoms with Crippen LogP contribution in [-0.2, 0) is 22.3 Å². The molecule has 0 amide bonds. The van der Waals surface area contributed by atoms with E-state index in [1.165, 1.54) is 17.4 Å². The maximum Gasteiger partial charge on any atom is 0.218 e. The van der Waals surface area contributed by atoms with Gasteiger partial charge < -0.3 is 10.8 Å². The number of phenolic OH excluding ortho intramolecular Hbond substituents is 1. The summed E-state index contributed by atoms with van der Waals surface area (Å²) in [6, 6.07) is 13.5. The summed E-state index contributed by atoms with van der Waals surface area (Å²) < 4.78 is 25.9. The van der Waals surface area contributed by atoms with E-state index in [2.05, 4.69) is 0 Å². The van der Waals surface area contributed by atoms with E-state index in [4.69, 9.17) is 5.73 Å². The second kappa shape index (κ2) is 6.15. The van der Waals surface area contributed by atoms with E-state index in [9.17, 15) is 13.5 Å². The van der Waals surface area contributed by atoms with Crippen LogP contribution in [-0.4, -0.2) is 24.9 Å². The molecule has 2 rings (SSSR count). The lowest BCUT2D eigenvalue weighted by molar-refractivity contribution is 0.435. The molecule has 0 atom stereocenters. The van der Waals surface area contributed by atoms with Crippen molar-refractivity contribution in [2.24, 2.45) is 0 Å². The van der Waals surface area contributed by atoms with E-state index >= 15 is 0 Å². The van der Waals surface area contributed by atoms with Gasteiger partial charge in [0.1, 0.15) is 5.75 Å². The van der Waals surface area contributed by atoms with Crippen LogP contribution in [0.1, 0.15) is 11.1 Å². The number of aromatic hydroxyl groups is 1. The van der Waals surface area contributed by atoms with E-state index in [1.54, 1.807) is 42.5 Å². The van der Waals surface area contributed by atoms with Gasteiger partial charge in [0.15, 0.2) is 0 Å². The maximum absolute atomic E-state index is 12.3. The fourth-order valence-corrected chi connectivity index (χ4v) is 3.14. The van der Waals surface area contributed by atoms with Gasteiger partial charge in [0.2, 0.25) is 10.0 Å². The molecule has 0 aromatic heterocycles. The standard InChI is InChI=1S/C15H18N2O3S/c1-17(10-13-6-2-3-8-15(13)18)21(19,20)11-12-5-4-7-14(16)9-12/h2-9,18H,10-11,16H2,1H3. The highest BCUT2D eigenvalue weighted by Crippen LogP contribution is 2.20. The summed E-state index contributed by atoms with van der Waals surface area (Å²) in [7, 11) is -1.98. The first kappa shape index (κ1) is 15.3. The third kappa shape index (κ3) is 3.96. The van der Waals surface area contributed by atoms with Gasteiger partial charge in [0.05, 0.1) is 5.75 Å². The second-order valence-electron chi connectivity index (χ2n) is 4.89. The molecule has 5 nitrogen and oxygen atoms in total. The first-order chi connectivity index (χ1) is 9.88. The van der Waals surface area contributed by atoms with Crippen molar-refractivity contribution in [2.45, 2.75) is 12.3 Å². The Morgan fingerprint density at radius 2 is 1.86 bits per heavy atom. The molecule has 2 aromatic carbocycles. The number of nitrogens with zero attached hydrogens (tertiary/aromatic N) is 1. The van der Waals surface area contributed by atoms with Gasteiger partial charge in [-0.3, -0.25) is 0 Å². The molecule has 0 spiro atoms. The molecule has 0 saturated heterocycles. The Morgan fingerprint density at radius 1 is 1.14 bits per heavy atom. The first-order valence-corrected chi connectivity index (χ1v) is 8.05. The number of nitrogens with two attached hydrogens (primary N) is 1. The zero-order chi connectivity index (χ0) is 15.5. The lowest BCUT2D eigenvalue weighted by atomic mass is 10.2. The third-order valence-electron chi connectivity index (χ3n) is 3.16. The van der Waals surface area contributed by atoms with Crippen molar-refractivity contribution < 1.29 is 13.5 Å². The van der Waals surface area contributed by atoms with Crippen molar-refractivity contribution in [1.82, 2.24) is 4.31 Å². The zero-order valence-corrected chi connectivity index (χ0v) is 12.5. The lowest BCUT2D eigenvalue weighted by Crippen LogP contribution is -2.27. The van der Waals surface area contributed by atoms with E-state index in [1.807, 2.05) is 0 Å². The molecular weight excluding hydrogens is 288 g/mol. The van der Waals surface area contributed by atoms with Crippen molar-refractivity contribution in [3.8, 4) is 5.75 Å². The molecule has 0 aliphatic rings. The maximum atomic E-state index is 12.3. The summed E-state index contributed by atoms with van der Waals surface area (Å²) in [4.78, 5) is 0. The van der Waals surface area contributed by atoms with E-state index < -0.39 is 10.0 Å². The number of sulfonamides is 1. The molecule has 0 unspecified atom stereocenters. The number of nitrogen functional groups attached to an aromatic ring is 1. The van der Waals surface area contributed by atoms with Crippen LogP contribution in [0.2, 0.25) is 0 Å². The van der Waals surface area contributed by atoms with Crippen LogP contribution in [0, 0.1) is 0 Å². The van der Waals surface area contributed by atoms with Crippen molar-refractivity contribution in [2.75, 3.05) is 12.8 Å². The molecular formula is C15H18N2O3S. The number of hydrogen-bond donors (Lipinski definition) is 2. The van der Waals surface area contributed by atoms with Crippen LogP contribution in [0.25, 0.3) is 0 Å². The fourth-order valence-electron chi connectivity index (χ4n) is 1.99. The number of anilines is 1. The van der Waals surface area contributed by atoms with Crippen LogP contribution >= 0.6 is 0 Å². The summed E-state index contributed by atoms with van der Waals surface area (Å²) in [5, 5.41) is 9.71. The molecule has 2 aromatic rings. The third-order valence-corrected chi connectivity index (χ3v) is 4.94. The Hall–Kier alpha value is -2.05. The van der Waals surface area contributed by atoms with Gasteiger partial charge >= 0.3 is 0 Å². The fraction of sp³-hybridized carbons (Fsp3) is 0.200. The lowest BCUT2D eigenvalue weighted by Gasteiger charge is -2.18. The van der Waals surface area contributed by atoms with Gasteiger partial charge in [-0.2, -0.15) is 0 Å². The Kier molecular flexibility index (Phi) is 4.50. The summed E-state index contributed by atoms with van der Waals surface area (Å²) in [6.07, 6.45) is 0. The van der Waals surface area contributed by atoms with Crippen LogP contribution in [0.15, 0.2) is 48.5 Å². The van der Waals surface area contributed by atoms with Gasteiger partial charge in [-0.15, -0.1) is 0 Å². The number of phenols is 1. The normalized spacial score (nSPS) is 11.7. The average Bonchev–Trinajstić information content (AvgIpc) is 2.40. The molecule has 0 aliphatic heterocycles. The molecule has 3 N–H and O–H groups in total. The smallest absolute Gasteiger partial charge is 0.218 e. The minimum Gasteiger partial charge on any atom is -0.508 e. The first-order valence-electron chi connectivity index (χ1n) is 6.44. The highest BCUT2D eigenvalue weighted by atomic mass is 32.2. The predicted molar refractivity (Wildman–Crippen MR) is 83.1 cm³/mol. The molecule has 21 heavy (non-hydrogen) atoms. The van der Waals surface area contributed by atoms with Crippen LogP contribution in [0.3, 0.4) is 0 Å². The van der Waals surface area contributed by atoms with Gasteiger partial charge in [0.25, 0.3) is 0 Å². The Morgan fingerprint density at radius 3 is 2.52 bits per heavy atom. The summed E-state index contributed by atoms with van der Waals surface area (Å²) >= 11 is 0. The number of benzene rings is 2. The zero-order valence-electron chi connectivity index (χ0n) is 11.7. The predicted octanol–water partition coefficient (Wildman–Crippen LogP) is 1.94. The van der Waals surface area contributed by atoms with Crippen molar-refractivity contribution in [1.29, 1.82) is 0 Å². The Bertz CT molecular complexity index is 729. The number of hydrogen-bond acceptors (Lipinski definition) is 4. The van der Waals surface area contributed by atoms with Crippen LogP contribution in [0.4, 0.5) is 5.69 Å². The van der Waals surface area contributed by atoms with Crippen LogP contribution in [0.5, 0.6) is 5.75 Å². The number of rotatable bonds is 5. The van der Waals surface area contributed by atoms with Crippen molar-refractivity contribution in [3.05, 3.63) is 59.7 Å². The topological polar surface area (TPSA) is 83.6 Å². The van der Waals surface area contributed by atoms with Crippen LogP contribution < -0.4 is 5.73 Å². The molecule has 0 fully saturated rings.